The van der Waals surface area contributed by atoms with Crippen molar-refractivity contribution in [3.63, 3.8) is 0 Å². The van der Waals surface area contributed by atoms with Crippen LogP contribution in [0.4, 0.5) is 0 Å². The zero-order chi connectivity index (χ0) is 13.1. The summed E-state index contributed by atoms with van der Waals surface area (Å²) < 4.78 is 1.99. The van der Waals surface area contributed by atoms with Crippen molar-refractivity contribution in [3.8, 4) is 0 Å². The van der Waals surface area contributed by atoms with Gasteiger partial charge in [0.1, 0.15) is 0 Å². The third-order valence-electron chi connectivity index (χ3n) is 3.57. The van der Waals surface area contributed by atoms with Crippen molar-refractivity contribution in [1.82, 2.24) is 15.1 Å². The van der Waals surface area contributed by atoms with E-state index in [2.05, 4.69) is 34.7 Å². The smallest absolute Gasteiger partial charge is 0.0659 e. The van der Waals surface area contributed by atoms with Crippen LogP contribution >= 0.6 is 0 Å². The number of benzene rings is 1. The Morgan fingerprint density at radius 2 is 1.89 bits per heavy atom. The molecule has 3 heteroatoms. The average molecular weight is 255 g/mol. The lowest BCUT2D eigenvalue weighted by Crippen LogP contribution is -2.19. The molecule has 1 saturated carbocycles. The van der Waals surface area contributed by atoms with Crippen LogP contribution in [0.15, 0.2) is 36.5 Å². The summed E-state index contributed by atoms with van der Waals surface area (Å²) in [5.74, 6) is 0. The van der Waals surface area contributed by atoms with E-state index in [1.165, 1.54) is 24.0 Å². The summed E-state index contributed by atoms with van der Waals surface area (Å²) >= 11 is 0. The highest BCUT2D eigenvalue weighted by Gasteiger charge is 2.19. The molecule has 0 amide bonds. The maximum absolute atomic E-state index is 4.41. The molecule has 0 aliphatic heterocycles. The van der Waals surface area contributed by atoms with Crippen LogP contribution in [0.3, 0.4) is 0 Å². The molecule has 0 radical (unpaired) electrons. The Balaban J connectivity index is 1.52. The van der Waals surface area contributed by atoms with Gasteiger partial charge in [-0.3, -0.25) is 4.68 Å². The van der Waals surface area contributed by atoms with Crippen molar-refractivity contribution in [2.45, 2.75) is 38.8 Å². The number of hydrogen-bond donors (Lipinski definition) is 1. The second kappa shape index (κ2) is 5.57. The van der Waals surface area contributed by atoms with Crippen LogP contribution in [0.25, 0.3) is 0 Å². The zero-order valence-electron chi connectivity index (χ0n) is 11.5. The molecule has 100 valence electrons. The molecular weight excluding hydrogens is 234 g/mol. The Hall–Kier alpha value is -1.61. The molecule has 1 aromatic heterocycles. The van der Waals surface area contributed by atoms with Gasteiger partial charge >= 0.3 is 0 Å². The highest BCUT2D eigenvalue weighted by atomic mass is 15.3. The molecule has 0 unspecified atom stereocenters. The number of hydrogen-bond acceptors (Lipinski definition) is 2. The van der Waals surface area contributed by atoms with E-state index in [1.807, 2.05) is 23.9 Å². The third kappa shape index (κ3) is 3.67. The molecule has 3 nitrogen and oxygen atoms in total. The normalized spacial score (nSPS) is 14.8. The lowest BCUT2D eigenvalue weighted by Gasteiger charge is -2.05. The first-order chi connectivity index (χ1) is 9.29. The molecule has 1 heterocycles. The van der Waals surface area contributed by atoms with Crippen molar-refractivity contribution in [2.24, 2.45) is 0 Å². The van der Waals surface area contributed by atoms with Gasteiger partial charge in [-0.05, 0) is 49.9 Å². The Morgan fingerprint density at radius 1 is 1.16 bits per heavy atom. The summed E-state index contributed by atoms with van der Waals surface area (Å²) in [6.45, 7) is 3.98. The Bertz CT molecular complexity index is 523. The highest BCUT2D eigenvalue weighted by Crippen LogP contribution is 2.18. The minimum absolute atomic E-state index is 0.808. The summed E-state index contributed by atoms with van der Waals surface area (Å²) in [7, 11) is 0. The van der Waals surface area contributed by atoms with Gasteiger partial charge < -0.3 is 5.32 Å². The maximum atomic E-state index is 4.41. The van der Waals surface area contributed by atoms with Crippen molar-refractivity contribution in [3.05, 3.63) is 53.3 Å². The molecular formula is C16H21N3. The van der Waals surface area contributed by atoms with Gasteiger partial charge in [-0.1, -0.05) is 24.3 Å². The fourth-order valence-electron chi connectivity index (χ4n) is 2.26. The second-order valence-electron chi connectivity index (χ2n) is 5.45. The van der Waals surface area contributed by atoms with Gasteiger partial charge in [0.15, 0.2) is 0 Å². The van der Waals surface area contributed by atoms with E-state index in [4.69, 9.17) is 0 Å². The van der Waals surface area contributed by atoms with Crippen LogP contribution in [0.1, 0.15) is 29.7 Å². The maximum Gasteiger partial charge on any atom is 0.0659 e. The number of aryl methyl sites for hydroxylation is 1. The van der Waals surface area contributed by atoms with Crippen LogP contribution in [-0.4, -0.2) is 22.4 Å². The molecule has 19 heavy (non-hydrogen) atoms. The molecule has 0 spiro atoms. The fraction of sp³-hybridized carbons (Fsp3) is 0.438. The topological polar surface area (TPSA) is 29.9 Å². The summed E-state index contributed by atoms with van der Waals surface area (Å²) in [4.78, 5) is 0. The monoisotopic (exact) mass is 255 g/mol. The van der Waals surface area contributed by atoms with Crippen LogP contribution in [-0.2, 0) is 13.0 Å². The third-order valence-corrected chi connectivity index (χ3v) is 3.57. The number of rotatable bonds is 6. The van der Waals surface area contributed by atoms with Gasteiger partial charge in [-0.2, -0.15) is 5.10 Å². The average Bonchev–Trinajstić information content (AvgIpc) is 3.14. The van der Waals surface area contributed by atoms with E-state index < -0.39 is 0 Å². The molecule has 1 aliphatic carbocycles. The Labute approximate surface area is 114 Å². The lowest BCUT2D eigenvalue weighted by atomic mass is 10.1. The molecule has 0 saturated heterocycles. The van der Waals surface area contributed by atoms with Crippen molar-refractivity contribution < 1.29 is 0 Å². The largest absolute Gasteiger partial charge is 0.314 e. The van der Waals surface area contributed by atoms with E-state index in [0.717, 1.165) is 31.2 Å². The molecule has 2 aromatic rings. The van der Waals surface area contributed by atoms with Gasteiger partial charge in [-0.25, -0.2) is 0 Å². The molecule has 1 aliphatic rings. The standard InChI is InChI=1S/C16H21N3/c1-13-9-11-19(18-13)12-15-4-2-14(3-5-15)8-10-17-16-6-7-16/h2-5,9,11,16-17H,6-8,10,12H2,1H3. The Morgan fingerprint density at radius 3 is 2.53 bits per heavy atom. The quantitative estimate of drug-likeness (QED) is 0.859. The van der Waals surface area contributed by atoms with Crippen molar-refractivity contribution in [2.75, 3.05) is 6.54 Å². The predicted molar refractivity (Wildman–Crippen MR) is 77.2 cm³/mol. The summed E-state index contributed by atoms with van der Waals surface area (Å²) in [6, 6.07) is 11.7. The van der Waals surface area contributed by atoms with Crippen molar-refractivity contribution in [1.29, 1.82) is 0 Å². The molecule has 0 atom stereocenters. The van der Waals surface area contributed by atoms with Gasteiger partial charge in [-0.15, -0.1) is 0 Å². The van der Waals surface area contributed by atoms with E-state index in [9.17, 15) is 0 Å². The summed E-state index contributed by atoms with van der Waals surface area (Å²) in [5.41, 5.74) is 3.79. The first-order valence-corrected chi connectivity index (χ1v) is 7.11. The second-order valence-corrected chi connectivity index (χ2v) is 5.45. The molecule has 0 bridgehead atoms. The SMILES string of the molecule is Cc1ccn(Cc2ccc(CCNC3CC3)cc2)n1. The summed E-state index contributed by atoms with van der Waals surface area (Å²) in [6.07, 6.45) is 5.88. The van der Waals surface area contributed by atoms with Crippen LogP contribution in [0.5, 0.6) is 0 Å². The molecule has 1 N–H and O–H groups in total. The Kier molecular flexibility index (Phi) is 3.65. The zero-order valence-corrected chi connectivity index (χ0v) is 11.5. The number of aromatic nitrogens is 2. The molecule has 1 fully saturated rings. The lowest BCUT2D eigenvalue weighted by molar-refractivity contribution is 0.675. The fourth-order valence-corrected chi connectivity index (χ4v) is 2.26. The minimum Gasteiger partial charge on any atom is -0.314 e. The van der Waals surface area contributed by atoms with Crippen LogP contribution in [0.2, 0.25) is 0 Å². The molecule has 1 aromatic carbocycles. The number of nitrogens with one attached hydrogen (secondary N) is 1. The van der Waals surface area contributed by atoms with E-state index >= 15 is 0 Å². The summed E-state index contributed by atoms with van der Waals surface area (Å²) in [5, 5.41) is 7.96. The van der Waals surface area contributed by atoms with Crippen LogP contribution < -0.4 is 5.32 Å². The van der Waals surface area contributed by atoms with Gasteiger partial charge in [0.2, 0.25) is 0 Å². The first-order valence-electron chi connectivity index (χ1n) is 7.11. The van der Waals surface area contributed by atoms with Gasteiger partial charge in [0, 0.05) is 12.2 Å². The predicted octanol–water partition coefficient (Wildman–Crippen LogP) is 2.53. The van der Waals surface area contributed by atoms with Crippen LogP contribution in [0, 0.1) is 6.92 Å². The van der Waals surface area contributed by atoms with Gasteiger partial charge in [0.25, 0.3) is 0 Å². The number of nitrogens with zero attached hydrogens (tertiary/aromatic N) is 2. The first kappa shape index (κ1) is 12.4. The van der Waals surface area contributed by atoms with E-state index in [1.54, 1.807) is 0 Å². The van der Waals surface area contributed by atoms with Crippen molar-refractivity contribution >= 4 is 0 Å². The highest BCUT2D eigenvalue weighted by molar-refractivity contribution is 5.23. The minimum atomic E-state index is 0.808. The van der Waals surface area contributed by atoms with E-state index in [0.29, 0.717) is 0 Å². The van der Waals surface area contributed by atoms with E-state index in [-0.39, 0.29) is 0 Å². The van der Waals surface area contributed by atoms with Gasteiger partial charge in [0.05, 0.1) is 12.2 Å². The molecule has 3 rings (SSSR count).